The second kappa shape index (κ2) is 5.58. The summed E-state index contributed by atoms with van der Waals surface area (Å²) in [6, 6.07) is 0. The summed E-state index contributed by atoms with van der Waals surface area (Å²) in [6.07, 6.45) is 3.22. The molecule has 1 atom stereocenters. The maximum absolute atomic E-state index is 9.04. The average molecular weight is 187 g/mol. The highest BCUT2D eigenvalue weighted by molar-refractivity contribution is 4.69. The van der Waals surface area contributed by atoms with Crippen LogP contribution < -0.4 is 0 Å². The summed E-state index contributed by atoms with van der Waals surface area (Å²) in [5.74, 6) is 0. The van der Waals surface area contributed by atoms with Crippen LogP contribution in [-0.4, -0.2) is 49.0 Å². The predicted molar refractivity (Wildman–Crippen MR) is 52.8 cm³/mol. The van der Waals surface area contributed by atoms with Crippen molar-refractivity contribution in [1.29, 1.82) is 0 Å². The van der Waals surface area contributed by atoms with Crippen LogP contribution in [0.1, 0.15) is 26.2 Å². The second-order valence-electron chi connectivity index (χ2n) is 4.01. The Kier molecular flexibility index (Phi) is 4.70. The van der Waals surface area contributed by atoms with E-state index < -0.39 is 0 Å². The smallest absolute Gasteiger partial charge is 0.0599 e. The molecular formula is C10H21NO2. The van der Waals surface area contributed by atoms with E-state index in [2.05, 4.69) is 11.9 Å². The van der Waals surface area contributed by atoms with Crippen LogP contribution in [0, 0.1) is 0 Å². The average Bonchev–Trinajstić information content (AvgIpc) is 2.08. The Bertz CT molecular complexity index is 131. The van der Waals surface area contributed by atoms with Crippen molar-refractivity contribution in [2.45, 2.75) is 38.4 Å². The molecule has 3 heteroatoms. The van der Waals surface area contributed by atoms with Gasteiger partial charge in [-0.15, -0.1) is 0 Å². The second-order valence-corrected chi connectivity index (χ2v) is 4.01. The standard InChI is InChI=1S/C10H21NO2/c1-9(12)5-8-13-10-3-6-11(2)7-4-10/h9-10,12H,3-8H2,1-2H3. The molecule has 1 aliphatic heterocycles. The number of aliphatic hydroxyl groups excluding tert-OH is 1. The normalized spacial score (nSPS) is 23.3. The Morgan fingerprint density at radius 3 is 2.62 bits per heavy atom. The zero-order valence-corrected chi connectivity index (χ0v) is 8.70. The Labute approximate surface area is 80.7 Å². The van der Waals surface area contributed by atoms with Gasteiger partial charge >= 0.3 is 0 Å². The Morgan fingerprint density at radius 2 is 2.08 bits per heavy atom. The number of piperidine rings is 1. The van der Waals surface area contributed by atoms with Crippen LogP contribution in [0.15, 0.2) is 0 Å². The molecule has 0 radical (unpaired) electrons. The van der Waals surface area contributed by atoms with Gasteiger partial charge in [-0.25, -0.2) is 0 Å². The third-order valence-corrected chi connectivity index (χ3v) is 2.55. The maximum atomic E-state index is 9.04. The molecule has 1 rings (SSSR count). The number of aliphatic hydroxyl groups is 1. The minimum Gasteiger partial charge on any atom is -0.393 e. The SMILES string of the molecule is CC(O)CCOC1CCN(C)CC1. The summed E-state index contributed by atoms with van der Waals surface area (Å²) in [6.45, 7) is 4.78. The van der Waals surface area contributed by atoms with Crippen LogP contribution in [0.3, 0.4) is 0 Å². The number of likely N-dealkylation sites (tertiary alicyclic amines) is 1. The summed E-state index contributed by atoms with van der Waals surface area (Å²) < 4.78 is 5.66. The van der Waals surface area contributed by atoms with Crippen molar-refractivity contribution >= 4 is 0 Å². The lowest BCUT2D eigenvalue weighted by molar-refractivity contribution is -0.000780. The fraction of sp³-hybridized carbons (Fsp3) is 1.00. The van der Waals surface area contributed by atoms with Crippen molar-refractivity contribution in [3.8, 4) is 0 Å². The molecule has 1 saturated heterocycles. The summed E-state index contributed by atoms with van der Waals surface area (Å²) in [4.78, 5) is 2.33. The molecule has 0 aromatic heterocycles. The van der Waals surface area contributed by atoms with Crippen molar-refractivity contribution < 1.29 is 9.84 Å². The molecule has 0 aliphatic carbocycles. The summed E-state index contributed by atoms with van der Waals surface area (Å²) in [5.41, 5.74) is 0. The zero-order chi connectivity index (χ0) is 9.68. The molecule has 1 aliphatic rings. The highest BCUT2D eigenvalue weighted by atomic mass is 16.5. The molecule has 0 amide bonds. The lowest BCUT2D eigenvalue weighted by Gasteiger charge is -2.29. The summed E-state index contributed by atoms with van der Waals surface area (Å²) in [5, 5.41) is 9.04. The fourth-order valence-electron chi connectivity index (χ4n) is 1.56. The van der Waals surface area contributed by atoms with E-state index in [1.54, 1.807) is 6.92 Å². The molecule has 1 unspecified atom stereocenters. The Balaban J connectivity index is 2.02. The molecule has 0 aromatic carbocycles. The number of nitrogens with zero attached hydrogens (tertiary/aromatic N) is 1. The highest BCUT2D eigenvalue weighted by Crippen LogP contribution is 2.12. The van der Waals surface area contributed by atoms with E-state index in [1.807, 2.05) is 0 Å². The van der Waals surface area contributed by atoms with Gasteiger partial charge in [0.25, 0.3) is 0 Å². The Hall–Kier alpha value is -0.120. The third-order valence-electron chi connectivity index (χ3n) is 2.55. The van der Waals surface area contributed by atoms with Crippen molar-refractivity contribution in [3.05, 3.63) is 0 Å². The van der Waals surface area contributed by atoms with Crippen LogP contribution in [0.5, 0.6) is 0 Å². The molecule has 0 bridgehead atoms. The molecule has 1 fully saturated rings. The molecule has 1 heterocycles. The van der Waals surface area contributed by atoms with E-state index in [0.717, 1.165) is 32.4 Å². The quantitative estimate of drug-likeness (QED) is 0.709. The fourth-order valence-corrected chi connectivity index (χ4v) is 1.56. The third kappa shape index (κ3) is 4.60. The van der Waals surface area contributed by atoms with Gasteiger partial charge in [-0.05, 0) is 33.2 Å². The number of hydrogen-bond acceptors (Lipinski definition) is 3. The van der Waals surface area contributed by atoms with Gasteiger partial charge < -0.3 is 14.7 Å². The van der Waals surface area contributed by atoms with Gasteiger partial charge in [0, 0.05) is 19.7 Å². The lowest BCUT2D eigenvalue weighted by atomic mass is 10.1. The van der Waals surface area contributed by atoms with Crippen molar-refractivity contribution in [2.75, 3.05) is 26.7 Å². The number of ether oxygens (including phenoxy) is 1. The van der Waals surface area contributed by atoms with E-state index in [9.17, 15) is 0 Å². The summed E-state index contributed by atoms with van der Waals surface area (Å²) >= 11 is 0. The maximum Gasteiger partial charge on any atom is 0.0599 e. The largest absolute Gasteiger partial charge is 0.393 e. The Morgan fingerprint density at radius 1 is 1.46 bits per heavy atom. The first-order valence-corrected chi connectivity index (χ1v) is 5.16. The van der Waals surface area contributed by atoms with E-state index in [0.29, 0.717) is 12.7 Å². The molecule has 1 N–H and O–H groups in total. The molecule has 0 saturated carbocycles. The minimum atomic E-state index is -0.230. The van der Waals surface area contributed by atoms with Crippen LogP contribution >= 0.6 is 0 Å². The van der Waals surface area contributed by atoms with E-state index in [1.165, 1.54) is 0 Å². The van der Waals surface area contributed by atoms with E-state index in [4.69, 9.17) is 9.84 Å². The van der Waals surface area contributed by atoms with Gasteiger partial charge in [0.15, 0.2) is 0 Å². The van der Waals surface area contributed by atoms with Gasteiger partial charge in [0.05, 0.1) is 12.2 Å². The summed E-state index contributed by atoms with van der Waals surface area (Å²) in [7, 11) is 2.14. The minimum absolute atomic E-state index is 0.230. The molecule has 78 valence electrons. The molecule has 0 spiro atoms. The highest BCUT2D eigenvalue weighted by Gasteiger charge is 2.16. The first-order valence-electron chi connectivity index (χ1n) is 5.16. The van der Waals surface area contributed by atoms with Crippen LogP contribution in [-0.2, 0) is 4.74 Å². The first kappa shape index (κ1) is 11.0. The molecular weight excluding hydrogens is 166 g/mol. The zero-order valence-electron chi connectivity index (χ0n) is 8.70. The molecule has 13 heavy (non-hydrogen) atoms. The first-order chi connectivity index (χ1) is 6.18. The topological polar surface area (TPSA) is 32.7 Å². The van der Waals surface area contributed by atoms with E-state index >= 15 is 0 Å². The molecule has 0 aromatic rings. The van der Waals surface area contributed by atoms with Gasteiger partial charge in [-0.2, -0.15) is 0 Å². The van der Waals surface area contributed by atoms with Crippen molar-refractivity contribution in [2.24, 2.45) is 0 Å². The van der Waals surface area contributed by atoms with Gasteiger partial charge in [0.1, 0.15) is 0 Å². The lowest BCUT2D eigenvalue weighted by Crippen LogP contribution is -2.34. The van der Waals surface area contributed by atoms with E-state index in [-0.39, 0.29) is 6.10 Å². The van der Waals surface area contributed by atoms with Crippen molar-refractivity contribution in [3.63, 3.8) is 0 Å². The number of rotatable bonds is 4. The predicted octanol–water partition coefficient (Wildman–Crippen LogP) is 0.868. The monoisotopic (exact) mass is 187 g/mol. The van der Waals surface area contributed by atoms with Crippen LogP contribution in [0.25, 0.3) is 0 Å². The van der Waals surface area contributed by atoms with Gasteiger partial charge in [-0.1, -0.05) is 0 Å². The van der Waals surface area contributed by atoms with Gasteiger partial charge in [-0.3, -0.25) is 0 Å². The number of hydrogen-bond donors (Lipinski definition) is 1. The van der Waals surface area contributed by atoms with Gasteiger partial charge in [0.2, 0.25) is 0 Å². The van der Waals surface area contributed by atoms with Crippen LogP contribution in [0.2, 0.25) is 0 Å². The van der Waals surface area contributed by atoms with Crippen molar-refractivity contribution in [1.82, 2.24) is 4.90 Å². The molecule has 3 nitrogen and oxygen atoms in total. The van der Waals surface area contributed by atoms with Crippen LogP contribution in [0.4, 0.5) is 0 Å².